The van der Waals surface area contributed by atoms with E-state index in [1.165, 1.54) is 5.56 Å². The zero-order valence-corrected chi connectivity index (χ0v) is 10.7. The van der Waals surface area contributed by atoms with Gasteiger partial charge in [0.1, 0.15) is 0 Å². The Hall–Kier alpha value is -1.01. The molecule has 0 aromatic heterocycles. The van der Waals surface area contributed by atoms with Crippen LogP contribution >= 0.6 is 15.9 Å². The molecule has 1 atom stereocenters. The van der Waals surface area contributed by atoms with Gasteiger partial charge >= 0.3 is 0 Å². The predicted octanol–water partition coefficient (Wildman–Crippen LogP) is 3.18. The third-order valence-corrected chi connectivity index (χ3v) is 2.95. The Labute approximate surface area is 99.6 Å². The van der Waals surface area contributed by atoms with Crippen molar-refractivity contribution in [1.82, 2.24) is 0 Å². The fourth-order valence-electron chi connectivity index (χ4n) is 1.40. The number of alkyl halides is 1. The number of nitrogens with zero attached hydrogens (tertiary/aromatic N) is 2. The number of halogens is 1. The summed E-state index contributed by atoms with van der Waals surface area (Å²) in [7, 11) is 2.01. The number of benzene rings is 1. The average molecular weight is 267 g/mol. The molecule has 3 heteroatoms. The van der Waals surface area contributed by atoms with Gasteiger partial charge in [-0.15, -0.1) is 0 Å². The van der Waals surface area contributed by atoms with Gasteiger partial charge in [0, 0.05) is 24.6 Å². The highest BCUT2D eigenvalue weighted by Crippen LogP contribution is 2.16. The van der Waals surface area contributed by atoms with E-state index < -0.39 is 0 Å². The van der Waals surface area contributed by atoms with E-state index in [-0.39, 0.29) is 5.92 Å². The quantitative estimate of drug-likeness (QED) is 0.783. The SMILES string of the molecule is CC(C#N)CN(C)c1ccc(CBr)cc1. The molecule has 0 heterocycles. The lowest BCUT2D eigenvalue weighted by atomic mass is 10.1. The second-order valence-electron chi connectivity index (χ2n) is 3.71. The Bertz CT molecular complexity index is 340. The molecule has 0 aliphatic carbocycles. The van der Waals surface area contributed by atoms with Crippen LogP contribution in [0.3, 0.4) is 0 Å². The van der Waals surface area contributed by atoms with Gasteiger partial charge in [-0.25, -0.2) is 0 Å². The second kappa shape index (κ2) is 5.77. The topological polar surface area (TPSA) is 27.0 Å². The molecule has 1 unspecified atom stereocenters. The first-order chi connectivity index (χ1) is 7.17. The van der Waals surface area contributed by atoms with Crippen LogP contribution in [0.4, 0.5) is 5.69 Å². The molecule has 0 amide bonds. The predicted molar refractivity (Wildman–Crippen MR) is 67.1 cm³/mol. The summed E-state index contributed by atoms with van der Waals surface area (Å²) in [5.74, 6) is 0.0610. The lowest BCUT2D eigenvalue weighted by molar-refractivity contribution is 0.716. The van der Waals surface area contributed by atoms with Crippen molar-refractivity contribution in [2.75, 3.05) is 18.5 Å². The van der Waals surface area contributed by atoms with Crippen LogP contribution in [-0.2, 0) is 5.33 Å². The van der Waals surface area contributed by atoms with Gasteiger partial charge in [-0.2, -0.15) is 5.26 Å². The van der Waals surface area contributed by atoms with Crippen molar-refractivity contribution >= 4 is 21.6 Å². The van der Waals surface area contributed by atoms with Gasteiger partial charge in [0.15, 0.2) is 0 Å². The monoisotopic (exact) mass is 266 g/mol. The molecule has 1 rings (SSSR count). The number of nitriles is 1. The van der Waals surface area contributed by atoms with Crippen LogP contribution in [-0.4, -0.2) is 13.6 Å². The van der Waals surface area contributed by atoms with Crippen LogP contribution < -0.4 is 4.90 Å². The first kappa shape index (κ1) is 12.1. The molecule has 80 valence electrons. The normalized spacial score (nSPS) is 11.9. The van der Waals surface area contributed by atoms with Crippen LogP contribution in [0, 0.1) is 17.2 Å². The summed E-state index contributed by atoms with van der Waals surface area (Å²) in [6, 6.07) is 10.6. The number of hydrogen-bond acceptors (Lipinski definition) is 2. The van der Waals surface area contributed by atoms with Gasteiger partial charge in [-0.3, -0.25) is 0 Å². The van der Waals surface area contributed by atoms with Crippen LogP contribution in [0.5, 0.6) is 0 Å². The summed E-state index contributed by atoms with van der Waals surface area (Å²) in [6.07, 6.45) is 0. The Kier molecular flexibility index (Phi) is 4.64. The highest BCUT2D eigenvalue weighted by Gasteiger charge is 2.05. The van der Waals surface area contributed by atoms with E-state index in [4.69, 9.17) is 5.26 Å². The fourth-order valence-corrected chi connectivity index (χ4v) is 1.77. The van der Waals surface area contributed by atoms with Crippen molar-refractivity contribution in [3.63, 3.8) is 0 Å². The van der Waals surface area contributed by atoms with Crippen LogP contribution in [0.15, 0.2) is 24.3 Å². The molecule has 1 aromatic rings. The molecule has 0 aliphatic heterocycles. The third kappa shape index (κ3) is 3.56. The molecule has 0 N–H and O–H groups in total. The zero-order valence-electron chi connectivity index (χ0n) is 9.07. The summed E-state index contributed by atoms with van der Waals surface area (Å²) in [5.41, 5.74) is 2.42. The van der Waals surface area contributed by atoms with E-state index in [0.717, 1.165) is 17.6 Å². The van der Waals surface area contributed by atoms with Crippen molar-refractivity contribution < 1.29 is 0 Å². The number of rotatable bonds is 4. The summed E-state index contributed by atoms with van der Waals surface area (Å²) in [6.45, 7) is 2.70. The smallest absolute Gasteiger partial charge is 0.0671 e. The van der Waals surface area contributed by atoms with E-state index in [2.05, 4.69) is 51.2 Å². The standard InChI is InChI=1S/C12H15BrN2/c1-10(8-14)9-15(2)12-5-3-11(7-13)4-6-12/h3-6,10H,7,9H2,1-2H3. The Balaban J connectivity index is 2.66. The molecule has 2 nitrogen and oxygen atoms in total. The lowest BCUT2D eigenvalue weighted by Crippen LogP contribution is -2.22. The summed E-state index contributed by atoms with van der Waals surface area (Å²) in [4.78, 5) is 2.10. The summed E-state index contributed by atoms with van der Waals surface area (Å²) in [5, 5.41) is 9.61. The zero-order chi connectivity index (χ0) is 11.3. The van der Waals surface area contributed by atoms with E-state index in [9.17, 15) is 0 Å². The van der Waals surface area contributed by atoms with Gasteiger partial charge in [-0.05, 0) is 24.6 Å². The molecule has 0 bridgehead atoms. The van der Waals surface area contributed by atoms with Crippen molar-refractivity contribution in [2.45, 2.75) is 12.3 Å². The molecular formula is C12H15BrN2. The molecular weight excluding hydrogens is 252 g/mol. The largest absolute Gasteiger partial charge is 0.373 e. The van der Waals surface area contributed by atoms with Crippen molar-refractivity contribution in [3.05, 3.63) is 29.8 Å². The van der Waals surface area contributed by atoms with Gasteiger partial charge in [0.25, 0.3) is 0 Å². The number of anilines is 1. The minimum Gasteiger partial charge on any atom is -0.373 e. The van der Waals surface area contributed by atoms with Crippen molar-refractivity contribution in [3.8, 4) is 6.07 Å². The maximum atomic E-state index is 8.73. The van der Waals surface area contributed by atoms with Gasteiger partial charge in [0.2, 0.25) is 0 Å². The highest BCUT2D eigenvalue weighted by atomic mass is 79.9. The first-order valence-electron chi connectivity index (χ1n) is 4.93. The number of hydrogen-bond donors (Lipinski definition) is 0. The van der Waals surface area contributed by atoms with Gasteiger partial charge in [0.05, 0.1) is 12.0 Å². The second-order valence-corrected chi connectivity index (χ2v) is 4.27. The van der Waals surface area contributed by atoms with E-state index in [1.54, 1.807) is 0 Å². The van der Waals surface area contributed by atoms with Gasteiger partial charge in [-0.1, -0.05) is 28.1 Å². The van der Waals surface area contributed by atoms with E-state index in [1.807, 2.05) is 14.0 Å². The molecule has 1 aromatic carbocycles. The maximum Gasteiger partial charge on any atom is 0.0671 e. The van der Waals surface area contributed by atoms with Crippen molar-refractivity contribution in [2.24, 2.45) is 5.92 Å². The fraction of sp³-hybridized carbons (Fsp3) is 0.417. The third-order valence-electron chi connectivity index (χ3n) is 2.30. The van der Waals surface area contributed by atoms with E-state index in [0.29, 0.717) is 0 Å². The van der Waals surface area contributed by atoms with Crippen LogP contribution in [0.25, 0.3) is 0 Å². The molecule has 0 fully saturated rings. The minimum absolute atomic E-state index is 0.0610. The summed E-state index contributed by atoms with van der Waals surface area (Å²) >= 11 is 3.41. The lowest BCUT2D eigenvalue weighted by Gasteiger charge is -2.20. The highest BCUT2D eigenvalue weighted by molar-refractivity contribution is 9.08. The van der Waals surface area contributed by atoms with Crippen LogP contribution in [0.2, 0.25) is 0 Å². The van der Waals surface area contributed by atoms with Crippen LogP contribution in [0.1, 0.15) is 12.5 Å². The summed E-state index contributed by atoms with van der Waals surface area (Å²) < 4.78 is 0. The molecule has 0 radical (unpaired) electrons. The molecule has 0 saturated heterocycles. The van der Waals surface area contributed by atoms with Crippen molar-refractivity contribution in [1.29, 1.82) is 5.26 Å². The molecule has 0 saturated carbocycles. The Morgan fingerprint density at radius 1 is 1.40 bits per heavy atom. The van der Waals surface area contributed by atoms with Gasteiger partial charge < -0.3 is 4.90 Å². The maximum absolute atomic E-state index is 8.73. The molecule has 0 aliphatic rings. The Morgan fingerprint density at radius 2 is 2.00 bits per heavy atom. The Morgan fingerprint density at radius 3 is 2.47 bits per heavy atom. The van der Waals surface area contributed by atoms with E-state index >= 15 is 0 Å². The molecule has 15 heavy (non-hydrogen) atoms. The average Bonchev–Trinajstić information content (AvgIpc) is 2.29. The molecule has 0 spiro atoms. The first-order valence-corrected chi connectivity index (χ1v) is 6.05. The minimum atomic E-state index is 0.0610.